The lowest BCUT2D eigenvalue weighted by Gasteiger charge is -2.12. The number of nitrogens with one attached hydrogen (secondary N) is 1. The zero-order valence-electron chi connectivity index (χ0n) is 8.85. The Morgan fingerprint density at radius 2 is 1.69 bits per heavy atom. The van der Waals surface area contributed by atoms with Gasteiger partial charge in [0.2, 0.25) is 0 Å². The maximum absolute atomic E-state index is 10.8. The van der Waals surface area contributed by atoms with Crippen molar-refractivity contribution in [3.05, 3.63) is 12.1 Å². The molecule has 1 rings (SSSR count). The van der Waals surface area contributed by atoms with Crippen LogP contribution in [0.1, 0.15) is 0 Å². The normalized spacial score (nSPS) is 10.9. The van der Waals surface area contributed by atoms with E-state index in [1.165, 1.54) is 26.4 Å². The number of anilines is 2. The lowest BCUT2D eigenvalue weighted by Crippen LogP contribution is -2.22. The molecule has 0 aliphatic carbocycles. The van der Waals surface area contributed by atoms with Crippen molar-refractivity contribution < 1.29 is 17.9 Å². The van der Waals surface area contributed by atoms with E-state index in [1.54, 1.807) is 0 Å². The summed E-state index contributed by atoms with van der Waals surface area (Å²) < 4.78 is 33.7. The lowest BCUT2D eigenvalue weighted by atomic mass is 10.2. The predicted octanol–water partition coefficient (Wildman–Crippen LogP) is -0.0986. The second kappa shape index (κ2) is 4.45. The summed E-state index contributed by atoms with van der Waals surface area (Å²) in [4.78, 5) is 0. The van der Waals surface area contributed by atoms with Crippen LogP contribution in [0, 0.1) is 0 Å². The minimum absolute atomic E-state index is 0.139. The molecule has 0 bridgehead atoms. The smallest absolute Gasteiger partial charge is 0.296 e. The maximum atomic E-state index is 10.8. The summed E-state index contributed by atoms with van der Waals surface area (Å²) in [5, 5.41) is 4.83. The molecular weight excluding hydrogens is 234 g/mol. The van der Waals surface area contributed by atoms with Crippen LogP contribution in [0.3, 0.4) is 0 Å². The average molecular weight is 247 g/mol. The molecule has 0 unspecified atom stereocenters. The largest absolute Gasteiger partial charge is 0.493 e. The van der Waals surface area contributed by atoms with Gasteiger partial charge in [0, 0.05) is 12.1 Å². The van der Waals surface area contributed by atoms with Crippen LogP contribution in [0.5, 0.6) is 11.5 Å². The highest BCUT2D eigenvalue weighted by Crippen LogP contribution is 2.34. The molecule has 0 saturated carbocycles. The minimum atomic E-state index is -3.87. The molecule has 0 radical (unpaired) electrons. The van der Waals surface area contributed by atoms with Crippen molar-refractivity contribution in [2.45, 2.75) is 0 Å². The van der Waals surface area contributed by atoms with Gasteiger partial charge in [-0.1, -0.05) is 0 Å². The van der Waals surface area contributed by atoms with Crippen LogP contribution >= 0.6 is 0 Å². The molecular formula is C8H13N3O4S. The van der Waals surface area contributed by atoms with E-state index >= 15 is 0 Å². The molecule has 7 nitrogen and oxygen atoms in total. The van der Waals surface area contributed by atoms with Crippen LogP contribution < -0.4 is 25.1 Å². The van der Waals surface area contributed by atoms with E-state index in [-0.39, 0.29) is 11.4 Å². The van der Waals surface area contributed by atoms with E-state index in [9.17, 15) is 8.42 Å². The Labute approximate surface area is 93.5 Å². The highest BCUT2D eigenvalue weighted by molar-refractivity contribution is 7.90. The Morgan fingerprint density at radius 3 is 2.12 bits per heavy atom. The molecule has 8 heteroatoms. The second-order valence-corrected chi connectivity index (χ2v) is 4.24. The Bertz CT molecular complexity index is 486. The van der Waals surface area contributed by atoms with E-state index in [0.717, 1.165) is 0 Å². The van der Waals surface area contributed by atoms with Crippen molar-refractivity contribution in [2.24, 2.45) is 5.14 Å². The third-order valence-electron chi connectivity index (χ3n) is 1.81. The molecule has 1 aromatic carbocycles. The molecule has 0 atom stereocenters. The predicted molar refractivity (Wildman–Crippen MR) is 60.7 cm³/mol. The molecule has 0 aliphatic rings. The number of methoxy groups -OCH3 is 2. The zero-order chi connectivity index (χ0) is 12.3. The number of ether oxygens (including phenoxy) is 2. The molecule has 0 saturated heterocycles. The van der Waals surface area contributed by atoms with Gasteiger partial charge >= 0.3 is 0 Å². The summed E-state index contributed by atoms with van der Waals surface area (Å²) in [6.07, 6.45) is 0. The SMILES string of the molecule is COc1cc(N)c(NS(N)(=O)=O)cc1OC. The van der Waals surface area contributed by atoms with Crippen LogP contribution in [0.15, 0.2) is 12.1 Å². The van der Waals surface area contributed by atoms with Gasteiger partial charge in [0.25, 0.3) is 10.2 Å². The highest BCUT2D eigenvalue weighted by atomic mass is 32.2. The van der Waals surface area contributed by atoms with Crippen LogP contribution in [0.2, 0.25) is 0 Å². The highest BCUT2D eigenvalue weighted by Gasteiger charge is 2.12. The van der Waals surface area contributed by atoms with Crippen molar-refractivity contribution in [2.75, 3.05) is 24.7 Å². The molecule has 90 valence electrons. The van der Waals surface area contributed by atoms with Gasteiger partial charge < -0.3 is 15.2 Å². The lowest BCUT2D eigenvalue weighted by molar-refractivity contribution is 0.355. The molecule has 0 aliphatic heterocycles. The third kappa shape index (κ3) is 2.91. The fourth-order valence-electron chi connectivity index (χ4n) is 1.14. The van der Waals surface area contributed by atoms with Gasteiger partial charge in [0.1, 0.15) is 0 Å². The topological polar surface area (TPSA) is 117 Å². The summed E-state index contributed by atoms with van der Waals surface area (Å²) in [6, 6.07) is 2.82. The molecule has 0 amide bonds. The number of rotatable bonds is 4. The van der Waals surface area contributed by atoms with Crippen molar-refractivity contribution >= 4 is 21.6 Å². The van der Waals surface area contributed by atoms with Gasteiger partial charge in [0.15, 0.2) is 11.5 Å². The molecule has 1 aromatic rings. The van der Waals surface area contributed by atoms with Gasteiger partial charge in [-0.3, -0.25) is 4.72 Å². The van der Waals surface area contributed by atoms with Crippen molar-refractivity contribution in [3.63, 3.8) is 0 Å². The Hall–Kier alpha value is -1.67. The number of nitrogen functional groups attached to an aromatic ring is 1. The Morgan fingerprint density at radius 1 is 1.19 bits per heavy atom. The Balaban J connectivity index is 3.21. The summed E-state index contributed by atoms with van der Waals surface area (Å²) in [7, 11) is -0.997. The van der Waals surface area contributed by atoms with Crippen molar-refractivity contribution in [3.8, 4) is 11.5 Å². The number of nitrogens with two attached hydrogens (primary N) is 2. The van der Waals surface area contributed by atoms with Crippen LogP contribution in [0.25, 0.3) is 0 Å². The van der Waals surface area contributed by atoms with Gasteiger partial charge in [-0.25, -0.2) is 5.14 Å². The fourth-order valence-corrected chi connectivity index (χ4v) is 1.62. The molecule has 5 N–H and O–H groups in total. The van der Waals surface area contributed by atoms with Gasteiger partial charge in [-0.15, -0.1) is 0 Å². The van der Waals surface area contributed by atoms with E-state index in [1.807, 2.05) is 0 Å². The fraction of sp³-hybridized carbons (Fsp3) is 0.250. The molecule has 0 heterocycles. The second-order valence-electron chi connectivity index (χ2n) is 2.94. The van der Waals surface area contributed by atoms with E-state index < -0.39 is 10.2 Å². The Kier molecular flexibility index (Phi) is 3.45. The van der Waals surface area contributed by atoms with Crippen LogP contribution in [-0.4, -0.2) is 22.6 Å². The number of benzene rings is 1. The van der Waals surface area contributed by atoms with E-state index in [4.69, 9.17) is 20.3 Å². The standard InChI is InChI=1S/C8H13N3O4S/c1-14-7-3-5(9)6(4-8(7)15-2)11-16(10,12)13/h3-4,11H,9H2,1-2H3,(H2,10,12,13). The average Bonchev–Trinajstić information content (AvgIpc) is 2.18. The van der Waals surface area contributed by atoms with Crippen molar-refractivity contribution in [1.82, 2.24) is 0 Å². The first-order valence-electron chi connectivity index (χ1n) is 4.19. The first-order chi connectivity index (χ1) is 7.37. The maximum Gasteiger partial charge on any atom is 0.296 e. The first-order valence-corrected chi connectivity index (χ1v) is 5.74. The molecule has 0 aromatic heterocycles. The summed E-state index contributed by atoms with van der Waals surface area (Å²) in [5.41, 5.74) is 5.94. The van der Waals surface area contributed by atoms with Crippen LogP contribution in [-0.2, 0) is 10.2 Å². The third-order valence-corrected chi connectivity index (χ3v) is 2.31. The number of hydrogen-bond acceptors (Lipinski definition) is 5. The van der Waals surface area contributed by atoms with Crippen molar-refractivity contribution in [1.29, 1.82) is 0 Å². The van der Waals surface area contributed by atoms with E-state index in [0.29, 0.717) is 11.5 Å². The van der Waals surface area contributed by atoms with Gasteiger partial charge in [-0.05, 0) is 0 Å². The zero-order valence-corrected chi connectivity index (χ0v) is 9.67. The quantitative estimate of drug-likeness (QED) is 0.642. The molecule has 0 fully saturated rings. The van der Waals surface area contributed by atoms with Gasteiger partial charge in [-0.2, -0.15) is 8.42 Å². The monoisotopic (exact) mass is 247 g/mol. The minimum Gasteiger partial charge on any atom is -0.493 e. The summed E-state index contributed by atoms with van der Waals surface area (Å²) in [6.45, 7) is 0. The molecule has 16 heavy (non-hydrogen) atoms. The van der Waals surface area contributed by atoms with E-state index in [2.05, 4.69) is 4.72 Å². The van der Waals surface area contributed by atoms with Gasteiger partial charge in [0.05, 0.1) is 25.6 Å². The number of hydrogen-bond donors (Lipinski definition) is 3. The van der Waals surface area contributed by atoms with Crippen LogP contribution in [0.4, 0.5) is 11.4 Å². The summed E-state index contributed by atoms with van der Waals surface area (Å²) >= 11 is 0. The summed E-state index contributed by atoms with van der Waals surface area (Å²) in [5.74, 6) is 0.753. The first kappa shape index (κ1) is 12.4. The molecule has 0 spiro atoms.